The van der Waals surface area contributed by atoms with Crippen LogP contribution < -0.4 is 10.2 Å². The first-order valence-electron chi connectivity index (χ1n) is 8.99. The molecule has 0 saturated carbocycles. The van der Waals surface area contributed by atoms with Crippen LogP contribution in [0.1, 0.15) is 30.9 Å². The SMILES string of the molecule is CC(Cc1ccsc1)NC(=O)N(C)Cc1ccccc1N1CCCC1. The van der Waals surface area contributed by atoms with E-state index in [9.17, 15) is 4.79 Å². The van der Waals surface area contributed by atoms with E-state index in [0.717, 1.165) is 19.5 Å². The fourth-order valence-corrected chi connectivity index (χ4v) is 4.05. The van der Waals surface area contributed by atoms with Crippen molar-refractivity contribution < 1.29 is 4.79 Å². The summed E-state index contributed by atoms with van der Waals surface area (Å²) in [5, 5.41) is 7.32. The van der Waals surface area contributed by atoms with Crippen LogP contribution in [-0.2, 0) is 13.0 Å². The molecule has 25 heavy (non-hydrogen) atoms. The Bertz CT molecular complexity index is 680. The molecule has 1 aliphatic heterocycles. The molecule has 5 heteroatoms. The summed E-state index contributed by atoms with van der Waals surface area (Å²) < 4.78 is 0. The van der Waals surface area contributed by atoms with Crippen molar-refractivity contribution in [3.05, 3.63) is 52.2 Å². The second kappa shape index (κ2) is 8.39. The minimum Gasteiger partial charge on any atom is -0.371 e. The first kappa shape index (κ1) is 17.8. The number of nitrogens with one attached hydrogen (secondary N) is 1. The molecule has 2 aromatic rings. The van der Waals surface area contributed by atoms with Crippen molar-refractivity contribution in [3.8, 4) is 0 Å². The Kier molecular flexibility index (Phi) is 5.97. The van der Waals surface area contributed by atoms with Crippen LogP contribution in [0.2, 0.25) is 0 Å². The van der Waals surface area contributed by atoms with Crippen molar-refractivity contribution in [1.82, 2.24) is 10.2 Å². The Morgan fingerprint density at radius 1 is 1.28 bits per heavy atom. The van der Waals surface area contributed by atoms with Gasteiger partial charge in [-0.2, -0.15) is 11.3 Å². The molecule has 1 atom stereocenters. The summed E-state index contributed by atoms with van der Waals surface area (Å²) in [7, 11) is 1.87. The largest absolute Gasteiger partial charge is 0.371 e. The standard InChI is InChI=1S/C20H27N3OS/c1-16(13-17-9-12-25-15-17)21-20(24)22(2)14-18-7-3-4-8-19(18)23-10-5-6-11-23/h3-4,7-9,12,15-16H,5-6,10-11,13-14H2,1-2H3,(H,21,24). The molecule has 2 amide bonds. The van der Waals surface area contributed by atoms with Gasteiger partial charge < -0.3 is 15.1 Å². The Morgan fingerprint density at radius 2 is 2.04 bits per heavy atom. The van der Waals surface area contributed by atoms with E-state index >= 15 is 0 Å². The van der Waals surface area contributed by atoms with Crippen LogP contribution >= 0.6 is 11.3 Å². The Labute approximate surface area is 154 Å². The van der Waals surface area contributed by atoms with Crippen molar-refractivity contribution in [2.24, 2.45) is 0 Å². The van der Waals surface area contributed by atoms with Crippen LogP contribution in [-0.4, -0.2) is 37.1 Å². The third kappa shape index (κ3) is 4.75. The second-order valence-electron chi connectivity index (χ2n) is 6.87. The highest BCUT2D eigenvalue weighted by atomic mass is 32.1. The molecule has 0 spiro atoms. The van der Waals surface area contributed by atoms with Crippen LogP contribution in [0.25, 0.3) is 0 Å². The van der Waals surface area contributed by atoms with Gasteiger partial charge in [-0.05, 0) is 60.2 Å². The molecular formula is C20H27N3OS. The maximum atomic E-state index is 12.5. The smallest absolute Gasteiger partial charge is 0.317 e. The highest BCUT2D eigenvalue weighted by Gasteiger charge is 2.18. The summed E-state index contributed by atoms with van der Waals surface area (Å²) in [5.41, 5.74) is 3.76. The molecule has 2 heterocycles. The summed E-state index contributed by atoms with van der Waals surface area (Å²) >= 11 is 1.69. The number of hydrogen-bond acceptors (Lipinski definition) is 3. The minimum absolute atomic E-state index is 0.0149. The molecule has 0 bridgehead atoms. The molecule has 4 nitrogen and oxygen atoms in total. The number of amides is 2. The summed E-state index contributed by atoms with van der Waals surface area (Å²) in [6, 6.07) is 10.7. The summed E-state index contributed by atoms with van der Waals surface area (Å²) in [6.07, 6.45) is 3.38. The topological polar surface area (TPSA) is 35.6 Å². The zero-order chi connectivity index (χ0) is 17.6. The third-order valence-electron chi connectivity index (χ3n) is 4.68. The van der Waals surface area contributed by atoms with Crippen molar-refractivity contribution >= 4 is 23.1 Å². The minimum atomic E-state index is -0.0149. The Hall–Kier alpha value is -2.01. The second-order valence-corrected chi connectivity index (χ2v) is 7.65. The zero-order valence-corrected chi connectivity index (χ0v) is 15.9. The summed E-state index contributed by atoms with van der Waals surface area (Å²) in [6.45, 7) is 4.92. The van der Waals surface area contributed by atoms with Crippen LogP contribution in [0.15, 0.2) is 41.1 Å². The monoisotopic (exact) mass is 357 g/mol. The van der Waals surface area contributed by atoms with E-state index in [1.807, 2.05) is 7.05 Å². The number of carbonyl (C=O) groups excluding carboxylic acids is 1. The molecule has 1 aromatic carbocycles. The number of para-hydroxylation sites is 1. The lowest BCUT2D eigenvalue weighted by Crippen LogP contribution is -2.42. The molecule has 1 saturated heterocycles. The van der Waals surface area contributed by atoms with Crippen LogP contribution in [0.5, 0.6) is 0 Å². The van der Waals surface area contributed by atoms with Gasteiger partial charge in [0.1, 0.15) is 0 Å². The number of rotatable bonds is 6. The van der Waals surface area contributed by atoms with E-state index in [4.69, 9.17) is 0 Å². The Morgan fingerprint density at radius 3 is 2.76 bits per heavy atom. The number of urea groups is 1. The number of carbonyl (C=O) groups is 1. The first-order valence-corrected chi connectivity index (χ1v) is 9.93. The number of hydrogen-bond donors (Lipinski definition) is 1. The van der Waals surface area contributed by atoms with Crippen molar-refractivity contribution in [2.45, 2.75) is 38.8 Å². The predicted molar refractivity (Wildman–Crippen MR) is 105 cm³/mol. The molecular weight excluding hydrogens is 330 g/mol. The number of thiophene rings is 1. The van der Waals surface area contributed by atoms with Gasteiger partial charge in [0, 0.05) is 38.4 Å². The summed E-state index contributed by atoms with van der Waals surface area (Å²) in [5.74, 6) is 0. The van der Waals surface area contributed by atoms with E-state index in [1.54, 1.807) is 16.2 Å². The lowest BCUT2D eigenvalue weighted by atomic mass is 10.1. The zero-order valence-electron chi connectivity index (χ0n) is 15.1. The van der Waals surface area contributed by atoms with E-state index in [-0.39, 0.29) is 12.1 Å². The van der Waals surface area contributed by atoms with Crippen molar-refractivity contribution in [3.63, 3.8) is 0 Å². The fourth-order valence-electron chi connectivity index (χ4n) is 3.37. The van der Waals surface area contributed by atoms with Crippen molar-refractivity contribution in [2.75, 3.05) is 25.0 Å². The fraction of sp³-hybridized carbons (Fsp3) is 0.450. The molecule has 0 radical (unpaired) electrons. The van der Waals surface area contributed by atoms with Gasteiger partial charge in [-0.3, -0.25) is 0 Å². The van der Waals surface area contributed by atoms with Crippen molar-refractivity contribution in [1.29, 1.82) is 0 Å². The van der Waals surface area contributed by atoms with Crippen LogP contribution in [0.4, 0.5) is 10.5 Å². The third-order valence-corrected chi connectivity index (χ3v) is 5.42. The van der Waals surface area contributed by atoms with Gasteiger partial charge in [-0.15, -0.1) is 0 Å². The Balaban J connectivity index is 1.58. The number of anilines is 1. The van der Waals surface area contributed by atoms with Gasteiger partial charge in [0.15, 0.2) is 0 Å². The normalized spacial score (nSPS) is 15.2. The lowest BCUT2D eigenvalue weighted by Gasteiger charge is -2.25. The van der Waals surface area contributed by atoms with Gasteiger partial charge in [0.05, 0.1) is 0 Å². The van der Waals surface area contributed by atoms with E-state index in [1.165, 1.54) is 29.7 Å². The van der Waals surface area contributed by atoms with E-state index in [2.05, 4.69) is 58.2 Å². The highest BCUT2D eigenvalue weighted by Crippen LogP contribution is 2.25. The molecule has 1 aromatic heterocycles. The molecule has 1 unspecified atom stereocenters. The number of nitrogens with zero attached hydrogens (tertiary/aromatic N) is 2. The summed E-state index contributed by atoms with van der Waals surface area (Å²) in [4.78, 5) is 16.7. The average Bonchev–Trinajstić information content (AvgIpc) is 3.28. The van der Waals surface area contributed by atoms with Gasteiger partial charge >= 0.3 is 6.03 Å². The van der Waals surface area contributed by atoms with Crippen LogP contribution in [0, 0.1) is 0 Å². The highest BCUT2D eigenvalue weighted by molar-refractivity contribution is 7.07. The molecule has 1 aliphatic rings. The van der Waals surface area contributed by atoms with Gasteiger partial charge in [-0.1, -0.05) is 18.2 Å². The van der Waals surface area contributed by atoms with Gasteiger partial charge in [-0.25, -0.2) is 4.79 Å². The van der Waals surface area contributed by atoms with Crippen LogP contribution in [0.3, 0.4) is 0 Å². The molecule has 1 fully saturated rings. The predicted octanol–water partition coefficient (Wildman–Crippen LogP) is 4.12. The van der Waals surface area contributed by atoms with E-state index in [0.29, 0.717) is 6.54 Å². The maximum absolute atomic E-state index is 12.5. The molecule has 3 rings (SSSR count). The molecule has 1 N–H and O–H groups in total. The maximum Gasteiger partial charge on any atom is 0.317 e. The van der Waals surface area contributed by atoms with E-state index < -0.39 is 0 Å². The molecule has 0 aliphatic carbocycles. The number of benzene rings is 1. The first-order chi connectivity index (χ1) is 12.1. The quantitative estimate of drug-likeness (QED) is 0.844. The average molecular weight is 358 g/mol. The van der Waals surface area contributed by atoms with Gasteiger partial charge in [0.2, 0.25) is 0 Å². The molecule has 134 valence electrons. The van der Waals surface area contributed by atoms with Gasteiger partial charge in [0.25, 0.3) is 0 Å². The lowest BCUT2D eigenvalue weighted by molar-refractivity contribution is 0.203.